The van der Waals surface area contributed by atoms with E-state index in [4.69, 9.17) is 0 Å². The van der Waals surface area contributed by atoms with Crippen molar-refractivity contribution in [2.75, 3.05) is 18.1 Å². The van der Waals surface area contributed by atoms with Crippen LogP contribution in [0.4, 0.5) is 4.39 Å². The number of aliphatic imine (C=N–C) groups is 1. The van der Waals surface area contributed by atoms with Crippen LogP contribution in [0.5, 0.6) is 0 Å². The minimum Gasteiger partial charge on any atom is -0.357 e. The van der Waals surface area contributed by atoms with Gasteiger partial charge in [0.2, 0.25) is 0 Å². The van der Waals surface area contributed by atoms with Gasteiger partial charge in [-0.05, 0) is 19.4 Å². The highest BCUT2D eigenvalue weighted by Gasteiger charge is 2.28. The van der Waals surface area contributed by atoms with E-state index in [9.17, 15) is 12.8 Å². The molecule has 0 bridgehead atoms. The number of hydrogen-bond donors (Lipinski definition) is 2. The number of guanidine groups is 1. The van der Waals surface area contributed by atoms with Crippen LogP contribution in [0.2, 0.25) is 0 Å². The molecule has 0 amide bonds. The molecule has 116 valence electrons. The van der Waals surface area contributed by atoms with Gasteiger partial charge in [-0.3, -0.25) is 0 Å². The minimum absolute atomic E-state index is 0.122. The standard InChI is InChI=1S/C14H20FN3O2S/c1-2-16-14(18-12-7-8-21(19,20)10-12)17-9-11-5-3-4-6-13(11)15/h3-6,12H,2,7-10H2,1H3,(H2,16,17,18). The van der Waals surface area contributed by atoms with Gasteiger partial charge in [0.25, 0.3) is 0 Å². The predicted octanol–water partition coefficient (Wildman–Crippen LogP) is 1.07. The van der Waals surface area contributed by atoms with Crippen molar-refractivity contribution in [3.63, 3.8) is 0 Å². The van der Waals surface area contributed by atoms with E-state index in [0.29, 0.717) is 24.5 Å². The number of sulfone groups is 1. The number of halogens is 1. The van der Waals surface area contributed by atoms with Crippen molar-refractivity contribution in [3.8, 4) is 0 Å². The molecule has 1 aromatic rings. The molecule has 5 nitrogen and oxygen atoms in total. The molecule has 0 aromatic heterocycles. The fourth-order valence-corrected chi connectivity index (χ4v) is 3.89. The zero-order chi connectivity index (χ0) is 15.3. The third-order valence-electron chi connectivity index (χ3n) is 3.28. The van der Waals surface area contributed by atoms with E-state index in [0.717, 1.165) is 0 Å². The molecule has 1 atom stereocenters. The Kier molecular flexibility index (Phi) is 5.17. The molecular formula is C14H20FN3O2S. The molecule has 1 aliphatic rings. The summed E-state index contributed by atoms with van der Waals surface area (Å²) in [4.78, 5) is 4.32. The average Bonchev–Trinajstić information content (AvgIpc) is 2.77. The number of hydrogen-bond acceptors (Lipinski definition) is 3. The van der Waals surface area contributed by atoms with Crippen molar-refractivity contribution in [2.24, 2.45) is 4.99 Å². The molecule has 0 spiro atoms. The fourth-order valence-electron chi connectivity index (χ4n) is 2.21. The summed E-state index contributed by atoms with van der Waals surface area (Å²) >= 11 is 0. The van der Waals surface area contributed by atoms with E-state index in [1.165, 1.54) is 6.07 Å². The van der Waals surface area contributed by atoms with Gasteiger partial charge in [0.05, 0.1) is 18.1 Å². The van der Waals surface area contributed by atoms with Crippen molar-refractivity contribution >= 4 is 15.8 Å². The van der Waals surface area contributed by atoms with Gasteiger partial charge in [-0.1, -0.05) is 18.2 Å². The van der Waals surface area contributed by atoms with Crippen molar-refractivity contribution < 1.29 is 12.8 Å². The molecule has 1 aromatic carbocycles. The van der Waals surface area contributed by atoms with E-state index in [1.54, 1.807) is 18.2 Å². The molecule has 2 N–H and O–H groups in total. The maximum absolute atomic E-state index is 13.5. The van der Waals surface area contributed by atoms with Crippen molar-refractivity contribution in [1.29, 1.82) is 0 Å². The number of benzene rings is 1. The lowest BCUT2D eigenvalue weighted by Crippen LogP contribution is -2.44. The van der Waals surface area contributed by atoms with E-state index < -0.39 is 9.84 Å². The Bertz CT molecular complexity index is 616. The summed E-state index contributed by atoms with van der Waals surface area (Å²) in [6.07, 6.45) is 0.576. The predicted molar refractivity (Wildman–Crippen MR) is 81.4 cm³/mol. The van der Waals surface area contributed by atoms with Crippen LogP contribution in [0, 0.1) is 5.82 Å². The van der Waals surface area contributed by atoms with Gasteiger partial charge in [-0.25, -0.2) is 17.8 Å². The molecule has 1 aliphatic heterocycles. The molecule has 1 unspecified atom stereocenters. The molecule has 0 aliphatic carbocycles. The Balaban J connectivity index is 2.01. The lowest BCUT2D eigenvalue weighted by molar-refractivity contribution is 0.599. The van der Waals surface area contributed by atoms with E-state index in [2.05, 4.69) is 15.6 Å². The second-order valence-electron chi connectivity index (χ2n) is 5.03. The Morgan fingerprint density at radius 2 is 2.19 bits per heavy atom. The van der Waals surface area contributed by atoms with Gasteiger partial charge < -0.3 is 10.6 Å². The molecule has 21 heavy (non-hydrogen) atoms. The van der Waals surface area contributed by atoms with Crippen LogP contribution in [0.25, 0.3) is 0 Å². The van der Waals surface area contributed by atoms with Crippen LogP contribution >= 0.6 is 0 Å². The van der Waals surface area contributed by atoms with Gasteiger partial charge in [-0.15, -0.1) is 0 Å². The molecule has 1 fully saturated rings. The monoisotopic (exact) mass is 313 g/mol. The number of nitrogens with one attached hydrogen (secondary N) is 2. The quantitative estimate of drug-likeness (QED) is 0.644. The first-order chi connectivity index (χ1) is 10.00. The summed E-state index contributed by atoms with van der Waals surface area (Å²) in [7, 11) is -2.94. The number of rotatable bonds is 4. The van der Waals surface area contributed by atoms with E-state index >= 15 is 0 Å². The topological polar surface area (TPSA) is 70.6 Å². The summed E-state index contributed by atoms with van der Waals surface area (Å²) in [5.41, 5.74) is 0.508. The van der Waals surface area contributed by atoms with Crippen LogP contribution in [0.15, 0.2) is 29.3 Å². The smallest absolute Gasteiger partial charge is 0.191 e. The van der Waals surface area contributed by atoms with Gasteiger partial charge in [0, 0.05) is 18.2 Å². The summed E-state index contributed by atoms with van der Waals surface area (Å²) in [6.45, 7) is 2.79. The average molecular weight is 313 g/mol. The van der Waals surface area contributed by atoms with Crippen molar-refractivity contribution in [2.45, 2.75) is 25.9 Å². The second-order valence-corrected chi connectivity index (χ2v) is 7.26. The van der Waals surface area contributed by atoms with Crippen LogP contribution in [-0.4, -0.2) is 38.5 Å². The molecule has 7 heteroatoms. The summed E-state index contributed by atoms with van der Waals surface area (Å²) in [5, 5.41) is 6.15. The largest absolute Gasteiger partial charge is 0.357 e. The minimum atomic E-state index is -2.94. The van der Waals surface area contributed by atoms with Crippen LogP contribution in [0.3, 0.4) is 0 Å². The normalized spacial score (nSPS) is 21.2. The SMILES string of the molecule is CCNC(=NCc1ccccc1F)NC1CCS(=O)(=O)C1. The van der Waals surface area contributed by atoms with E-state index in [-0.39, 0.29) is 29.9 Å². The van der Waals surface area contributed by atoms with Crippen LogP contribution in [-0.2, 0) is 16.4 Å². The highest BCUT2D eigenvalue weighted by atomic mass is 32.2. The second kappa shape index (κ2) is 6.89. The lowest BCUT2D eigenvalue weighted by atomic mass is 10.2. The zero-order valence-corrected chi connectivity index (χ0v) is 12.8. The van der Waals surface area contributed by atoms with Crippen molar-refractivity contribution in [1.82, 2.24) is 10.6 Å². The Hall–Kier alpha value is -1.63. The molecule has 0 radical (unpaired) electrons. The Morgan fingerprint density at radius 3 is 2.81 bits per heavy atom. The Labute approximate surface area is 124 Å². The molecular weight excluding hydrogens is 293 g/mol. The van der Waals surface area contributed by atoms with Gasteiger partial charge in [0.1, 0.15) is 5.82 Å². The molecule has 1 saturated heterocycles. The van der Waals surface area contributed by atoms with Crippen LogP contribution < -0.4 is 10.6 Å². The van der Waals surface area contributed by atoms with Gasteiger partial charge in [0.15, 0.2) is 15.8 Å². The highest BCUT2D eigenvalue weighted by Crippen LogP contribution is 2.11. The lowest BCUT2D eigenvalue weighted by Gasteiger charge is -2.15. The first-order valence-corrected chi connectivity index (χ1v) is 8.81. The summed E-state index contributed by atoms with van der Waals surface area (Å²) < 4.78 is 36.5. The maximum atomic E-state index is 13.5. The highest BCUT2D eigenvalue weighted by molar-refractivity contribution is 7.91. The number of nitrogens with zero attached hydrogens (tertiary/aromatic N) is 1. The molecule has 0 saturated carbocycles. The third-order valence-corrected chi connectivity index (χ3v) is 5.05. The van der Waals surface area contributed by atoms with Crippen LogP contribution in [0.1, 0.15) is 18.9 Å². The zero-order valence-electron chi connectivity index (χ0n) is 12.0. The van der Waals surface area contributed by atoms with E-state index in [1.807, 2.05) is 6.92 Å². The van der Waals surface area contributed by atoms with Gasteiger partial charge in [-0.2, -0.15) is 0 Å². The fraction of sp³-hybridized carbons (Fsp3) is 0.500. The summed E-state index contributed by atoms with van der Waals surface area (Å²) in [6, 6.07) is 6.35. The Morgan fingerprint density at radius 1 is 1.43 bits per heavy atom. The van der Waals surface area contributed by atoms with Gasteiger partial charge >= 0.3 is 0 Å². The molecule has 1 heterocycles. The summed E-state index contributed by atoms with van der Waals surface area (Å²) in [5.74, 6) is 0.553. The van der Waals surface area contributed by atoms with Crippen molar-refractivity contribution in [3.05, 3.63) is 35.6 Å². The third kappa shape index (κ3) is 4.70. The maximum Gasteiger partial charge on any atom is 0.191 e. The first-order valence-electron chi connectivity index (χ1n) is 6.99. The first kappa shape index (κ1) is 15.8. The molecule has 2 rings (SSSR count).